The lowest BCUT2D eigenvalue weighted by atomic mass is 9.77. The molecule has 6 heteroatoms. The van der Waals surface area contributed by atoms with E-state index in [2.05, 4.69) is 0 Å². The molecule has 0 aromatic heterocycles. The minimum Gasteiger partial charge on any atom is -0.339 e. The highest BCUT2D eigenvalue weighted by molar-refractivity contribution is 5.79. The Morgan fingerprint density at radius 2 is 1.86 bits per heavy atom. The van der Waals surface area contributed by atoms with E-state index in [1.807, 2.05) is 6.92 Å². The number of rotatable bonds is 2. The molecule has 0 bridgehead atoms. The van der Waals surface area contributed by atoms with Crippen LogP contribution in [0.2, 0.25) is 0 Å². The van der Waals surface area contributed by atoms with Crippen LogP contribution >= 0.6 is 0 Å². The van der Waals surface area contributed by atoms with Crippen LogP contribution in [0.4, 0.5) is 13.2 Å². The van der Waals surface area contributed by atoms with Crippen LogP contribution in [-0.2, 0) is 4.79 Å². The average molecular weight is 306 g/mol. The van der Waals surface area contributed by atoms with E-state index >= 15 is 0 Å². The molecule has 1 heterocycles. The van der Waals surface area contributed by atoms with Gasteiger partial charge >= 0.3 is 6.18 Å². The van der Waals surface area contributed by atoms with Crippen molar-refractivity contribution in [3.8, 4) is 0 Å². The summed E-state index contributed by atoms with van der Waals surface area (Å²) in [5, 5.41) is 0. The Labute approximate surface area is 124 Å². The second kappa shape index (κ2) is 6.55. The maximum absolute atomic E-state index is 13.2. The highest BCUT2D eigenvalue weighted by Crippen LogP contribution is 2.42. The van der Waals surface area contributed by atoms with Crippen LogP contribution in [0.15, 0.2) is 0 Å². The van der Waals surface area contributed by atoms with Gasteiger partial charge < -0.3 is 10.6 Å². The number of carbonyl (C=O) groups excluding carboxylic acids is 1. The van der Waals surface area contributed by atoms with Crippen molar-refractivity contribution in [3.05, 3.63) is 0 Å². The van der Waals surface area contributed by atoms with Gasteiger partial charge in [0.25, 0.3) is 0 Å². The highest BCUT2D eigenvalue weighted by atomic mass is 19.4. The number of hydrogen-bond donors (Lipinski definition) is 1. The average Bonchev–Trinajstić information content (AvgIpc) is 2.46. The van der Waals surface area contributed by atoms with E-state index in [0.717, 1.165) is 12.8 Å². The van der Waals surface area contributed by atoms with Gasteiger partial charge in [-0.15, -0.1) is 0 Å². The van der Waals surface area contributed by atoms with E-state index in [0.29, 0.717) is 32.4 Å². The molecule has 3 nitrogen and oxygen atoms in total. The lowest BCUT2D eigenvalue weighted by Gasteiger charge is -2.42. The Bertz CT molecular complexity index is 372. The number of piperidine rings is 1. The summed E-state index contributed by atoms with van der Waals surface area (Å²) >= 11 is 0. The zero-order chi connectivity index (χ0) is 15.6. The second-order valence-electron chi connectivity index (χ2n) is 6.56. The molecule has 21 heavy (non-hydrogen) atoms. The first kappa shape index (κ1) is 16.6. The summed E-state index contributed by atoms with van der Waals surface area (Å²) in [6.07, 6.45) is -0.763. The van der Waals surface area contributed by atoms with Crippen LogP contribution in [0.1, 0.15) is 45.4 Å². The molecule has 0 aromatic carbocycles. The van der Waals surface area contributed by atoms with Crippen LogP contribution in [0.5, 0.6) is 0 Å². The van der Waals surface area contributed by atoms with E-state index in [-0.39, 0.29) is 24.3 Å². The standard InChI is InChI=1S/C15H25F3N2O/c1-10-6-7-11(8-19)9-20(10)14(21)12-4-2-3-5-13(12)15(16,17)18/h10-13H,2-9,19H2,1H3. The number of likely N-dealkylation sites (tertiary alicyclic amines) is 1. The molecule has 4 unspecified atom stereocenters. The Morgan fingerprint density at radius 1 is 1.19 bits per heavy atom. The van der Waals surface area contributed by atoms with Crippen LogP contribution < -0.4 is 5.73 Å². The number of carbonyl (C=O) groups is 1. The third-order valence-electron chi connectivity index (χ3n) is 5.10. The zero-order valence-corrected chi connectivity index (χ0v) is 12.5. The smallest absolute Gasteiger partial charge is 0.339 e. The molecule has 0 spiro atoms. The van der Waals surface area contributed by atoms with Crippen molar-refractivity contribution in [3.63, 3.8) is 0 Å². The number of alkyl halides is 3. The minimum atomic E-state index is -4.27. The van der Waals surface area contributed by atoms with Gasteiger partial charge in [0.05, 0.1) is 5.92 Å². The van der Waals surface area contributed by atoms with Gasteiger partial charge in [0.1, 0.15) is 0 Å². The summed E-state index contributed by atoms with van der Waals surface area (Å²) < 4.78 is 39.5. The summed E-state index contributed by atoms with van der Waals surface area (Å²) in [5.41, 5.74) is 5.67. The first-order valence-electron chi connectivity index (χ1n) is 7.91. The van der Waals surface area contributed by atoms with Gasteiger partial charge in [0.2, 0.25) is 5.91 Å². The quantitative estimate of drug-likeness (QED) is 0.852. The van der Waals surface area contributed by atoms with Crippen molar-refractivity contribution >= 4 is 5.91 Å². The summed E-state index contributed by atoms with van der Waals surface area (Å²) in [4.78, 5) is 14.3. The monoisotopic (exact) mass is 306 g/mol. The lowest BCUT2D eigenvalue weighted by molar-refractivity contribution is -0.202. The number of nitrogens with zero attached hydrogens (tertiary/aromatic N) is 1. The minimum absolute atomic E-state index is 0.0242. The van der Waals surface area contributed by atoms with Gasteiger partial charge in [-0.1, -0.05) is 12.8 Å². The maximum atomic E-state index is 13.2. The molecular formula is C15H25F3N2O. The predicted octanol–water partition coefficient (Wildman–Crippen LogP) is 2.94. The van der Waals surface area contributed by atoms with Crippen molar-refractivity contribution in [2.75, 3.05) is 13.1 Å². The number of halogens is 3. The Kier molecular flexibility index (Phi) is 5.17. The molecule has 1 aliphatic heterocycles. The fourth-order valence-corrected chi connectivity index (χ4v) is 3.71. The number of amides is 1. The van der Waals surface area contributed by atoms with Crippen LogP contribution in [0.25, 0.3) is 0 Å². The summed E-state index contributed by atoms with van der Waals surface area (Å²) in [7, 11) is 0. The summed E-state index contributed by atoms with van der Waals surface area (Å²) in [5.74, 6) is -2.44. The molecular weight excluding hydrogens is 281 g/mol. The fourth-order valence-electron chi connectivity index (χ4n) is 3.71. The molecule has 2 fully saturated rings. The Hall–Kier alpha value is -0.780. The van der Waals surface area contributed by atoms with E-state index in [1.165, 1.54) is 0 Å². The maximum Gasteiger partial charge on any atom is 0.392 e. The molecule has 122 valence electrons. The molecule has 1 saturated heterocycles. The topological polar surface area (TPSA) is 46.3 Å². The third-order valence-corrected chi connectivity index (χ3v) is 5.10. The van der Waals surface area contributed by atoms with E-state index < -0.39 is 18.0 Å². The van der Waals surface area contributed by atoms with Gasteiger partial charge in [-0.25, -0.2) is 0 Å². The largest absolute Gasteiger partial charge is 0.392 e. The van der Waals surface area contributed by atoms with Gasteiger partial charge in [-0.2, -0.15) is 13.2 Å². The molecule has 0 radical (unpaired) electrons. The molecule has 1 amide bonds. The molecule has 2 N–H and O–H groups in total. The Morgan fingerprint density at radius 3 is 2.48 bits per heavy atom. The summed E-state index contributed by atoms with van der Waals surface area (Å²) in [6, 6.07) is 0.0242. The first-order chi connectivity index (χ1) is 9.84. The zero-order valence-electron chi connectivity index (χ0n) is 12.5. The van der Waals surface area contributed by atoms with Crippen molar-refractivity contribution in [1.82, 2.24) is 4.90 Å². The molecule has 2 aliphatic rings. The Balaban J connectivity index is 2.12. The predicted molar refractivity (Wildman–Crippen MR) is 74.5 cm³/mol. The van der Waals surface area contributed by atoms with Gasteiger partial charge in [-0.05, 0) is 45.1 Å². The second-order valence-corrected chi connectivity index (χ2v) is 6.56. The number of nitrogens with two attached hydrogens (primary N) is 1. The normalized spacial score (nSPS) is 34.8. The van der Waals surface area contributed by atoms with Crippen molar-refractivity contribution in [2.24, 2.45) is 23.5 Å². The fraction of sp³-hybridized carbons (Fsp3) is 0.933. The molecule has 0 aromatic rings. The highest BCUT2D eigenvalue weighted by Gasteiger charge is 2.49. The molecule has 1 saturated carbocycles. The van der Waals surface area contributed by atoms with Crippen molar-refractivity contribution in [1.29, 1.82) is 0 Å². The van der Waals surface area contributed by atoms with Crippen molar-refractivity contribution < 1.29 is 18.0 Å². The van der Waals surface area contributed by atoms with Gasteiger partial charge in [0, 0.05) is 18.5 Å². The third kappa shape index (κ3) is 3.71. The van der Waals surface area contributed by atoms with Gasteiger partial charge in [-0.3, -0.25) is 4.79 Å². The van der Waals surface area contributed by atoms with E-state index in [9.17, 15) is 18.0 Å². The SMILES string of the molecule is CC1CCC(CN)CN1C(=O)C1CCCCC1C(F)(F)F. The molecule has 1 aliphatic carbocycles. The van der Waals surface area contributed by atoms with E-state index in [4.69, 9.17) is 5.73 Å². The van der Waals surface area contributed by atoms with Crippen molar-refractivity contribution in [2.45, 2.75) is 57.7 Å². The molecule has 4 atom stereocenters. The molecule has 2 rings (SSSR count). The summed E-state index contributed by atoms with van der Waals surface area (Å²) in [6.45, 7) is 2.93. The van der Waals surface area contributed by atoms with Crippen LogP contribution in [0.3, 0.4) is 0 Å². The lowest BCUT2D eigenvalue weighted by Crippen LogP contribution is -2.52. The van der Waals surface area contributed by atoms with Gasteiger partial charge in [0.15, 0.2) is 0 Å². The first-order valence-corrected chi connectivity index (χ1v) is 7.91. The van der Waals surface area contributed by atoms with Crippen LogP contribution in [0, 0.1) is 17.8 Å². The van der Waals surface area contributed by atoms with E-state index in [1.54, 1.807) is 4.90 Å². The number of hydrogen-bond acceptors (Lipinski definition) is 2. The van der Waals surface area contributed by atoms with Crippen LogP contribution in [-0.4, -0.2) is 36.1 Å².